The third kappa shape index (κ3) is 5.32. The molecule has 1 N–H and O–H groups in total. The standard InChI is InChI=1S/C24H18F3N3O5S2/c25-24(26,27)16-3-6-20(19(12-16)15-2-1-9-30(31)14-15)35-21-7-10-34-22-13-17(4-5-18(21)22)37(32,33)29-23-28-8-11-36-23/h1-6,8-9,11-14,21H,7,10H2,(H,28,29)/t21-/m1/s1. The van der Waals surface area contributed by atoms with Crippen LogP contribution < -0.4 is 18.9 Å². The summed E-state index contributed by atoms with van der Waals surface area (Å²) in [5, 5.41) is 13.7. The van der Waals surface area contributed by atoms with Crippen molar-refractivity contribution >= 4 is 26.5 Å². The van der Waals surface area contributed by atoms with E-state index < -0.39 is 27.9 Å². The predicted octanol–water partition coefficient (Wildman–Crippen LogP) is 5.17. The first-order valence-electron chi connectivity index (χ1n) is 10.9. The lowest BCUT2D eigenvalue weighted by Crippen LogP contribution is -2.24. The van der Waals surface area contributed by atoms with Gasteiger partial charge in [0.05, 0.1) is 22.6 Å². The third-order valence-electron chi connectivity index (χ3n) is 5.60. The highest BCUT2D eigenvalue weighted by Gasteiger charge is 2.32. The summed E-state index contributed by atoms with van der Waals surface area (Å²) in [6.07, 6.45) is -0.996. The van der Waals surface area contributed by atoms with Crippen molar-refractivity contribution in [3.63, 3.8) is 0 Å². The number of anilines is 1. The van der Waals surface area contributed by atoms with Gasteiger partial charge in [0.25, 0.3) is 10.0 Å². The van der Waals surface area contributed by atoms with Gasteiger partial charge in [-0.15, -0.1) is 11.3 Å². The fourth-order valence-corrected chi connectivity index (χ4v) is 5.68. The number of hydrogen-bond acceptors (Lipinski definition) is 7. The molecule has 0 saturated heterocycles. The second-order valence-corrected chi connectivity index (χ2v) is 10.6. The van der Waals surface area contributed by atoms with Crippen LogP contribution in [0.2, 0.25) is 0 Å². The fraction of sp³-hybridized carbons (Fsp3) is 0.167. The number of nitrogens with zero attached hydrogens (tertiary/aromatic N) is 2. The van der Waals surface area contributed by atoms with Gasteiger partial charge in [-0.2, -0.15) is 17.9 Å². The molecule has 1 aliphatic heterocycles. The number of rotatable bonds is 6. The molecule has 0 amide bonds. The predicted molar refractivity (Wildman–Crippen MR) is 129 cm³/mol. The molecular formula is C24H18F3N3O5S2. The molecule has 1 aliphatic rings. The van der Waals surface area contributed by atoms with Crippen LogP contribution in [-0.2, 0) is 16.2 Å². The van der Waals surface area contributed by atoms with Gasteiger partial charge in [0, 0.05) is 41.3 Å². The Morgan fingerprint density at radius 2 is 2.03 bits per heavy atom. The van der Waals surface area contributed by atoms with Crippen LogP contribution in [0.3, 0.4) is 0 Å². The highest BCUT2D eigenvalue weighted by atomic mass is 32.2. The topological polar surface area (TPSA) is 104 Å². The highest BCUT2D eigenvalue weighted by molar-refractivity contribution is 7.93. The maximum Gasteiger partial charge on any atom is 0.416 e. The molecule has 0 spiro atoms. The van der Waals surface area contributed by atoms with E-state index in [4.69, 9.17) is 9.47 Å². The summed E-state index contributed by atoms with van der Waals surface area (Å²) >= 11 is 1.13. The summed E-state index contributed by atoms with van der Waals surface area (Å²) in [4.78, 5) is 3.88. The number of halogens is 3. The first kappa shape index (κ1) is 24.8. The molecule has 2 aromatic heterocycles. The number of nitrogens with one attached hydrogen (secondary N) is 1. The Hall–Kier alpha value is -3.84. The largest absolute Gasteiger partial charge is 0.619 e. The zero-order valence-corrected chi connectivity index (χ0v) is 20.4. The molecule has 13 heteroatoms. The lowest BCUT2D eigenvalue weighted by Gasteiger charge is -2.28. The summed E-state index contributed by atoms with van der Waals surface area (Å²) in [5.41, 5.74) is 0.00357. The Kier molecular flexibility index (Phi) is 6.42. The monoisotopic (exact) mass is 549 g/mol. The van der Waals surface area contributed by atoms with Gasteiger partial charge in [0.2, 0.25) is 0 Å². The molecular weight excluding hydrogens is 531 g/mol. The molecule has 4 aromatic rings. The summed E-state index contributed by atoms with van der Waals surface area (Å²) in [7, 11) is -3.92. The Morgan fingerprint density at radius 3 is 2.76 bits per heavy atom. The highest BCUT2D eigenvalue weighted by Crippen LogP contribution is 2.42. The first-order chi connectivity index (χ1) is 17.6. The lowest BCUT2D eigenvalue weighted by atomic mass is 10.0. The molecule has 192 valence electrons. The van der Waals surface area contributed by atoms with Crippen molar-refractivity contribution in [2.45, 2.75) is 23.6 Å². The van der Waals surface area contributed by atoms with Gasteiger partial charge >= 0.3 is 6.18 Å². The molecule has 3 heterocycles. The Labute approximate surface area is 213 Å². The van der Waals surface area contributed by atoms with E-state index in [-0.39, 0.29) is 39.3 Å². The van der Waals surface area contributed by atoms with E-state index in [1.807, 2.05) is 0 Å². The van der Waals surface area contributed by atoms with Crippen LogP contribution >= 0.6 is 11.3 Å². The molecule has 5 rings (SSSR count). The summed E-state index contributed by atoms with van der Waals surface area (Å²) in [5.74, 6) is 0.419. The summed E-state index contributed by atoms with van der Waals surface area (Å²) < 4.78 is 80.5. The van der Waals surface area contributed by atoms with Crippen molar-refractivity contribution in [2.75, 3.05) is 11.3 Å². The van der Waals surface area contributed by atoms with E-state index >= 15 is 0 Å². The SMILES string of the molecule is O=S(=O)(Nc1nccs1)c1ccc2c(c1)OCC[C@H]2Oc1ccc(C(F)(F)F)cc1-c1ccc[n+]([O-])c1. The van der Waals surface area contributed by atoms with Gasteiger partial charge in [0.15, 0.2) is 17.5 Å². The molecule has 0 aliphatic carbocycles. The van der Waals surface area contributed by atoms with Crippen molar-refractivity contribution in [3.8, 4) is 22.6 Å². The molecule has 1 atom stereocenters. The average Bonchev–Trinajstić information content (AvgIpc) is 3.36. The van der Waals surface area contributed by atoms with Crippen LogP contribution in [0.5, 0.6) is 11.5 Å². The number of pyridine rings is 1. The summed E-state index contributed by atoms with van der Waals surface area (Å²) in [6, 6.07) is 10.3. The Morgan fingerprint density at radius 1 is 1.19 bits per heavy atom. The average molecular weight is 550 g/mol. The van der Waals surface area contributed by atoms with Gasteiger partial charge in [-0.3, -0.25) is 4.72 Å². The van der Waals surface area contributed by atoms with Crippen LogP contribution in [0.1, 0.15) is 23.7 Å². The van der Waals surface area contributed by atoms with Crippen molar-refractivity contribution in [1.29, 1.82) is 0 Å². The molecule has 0 unspecified atom stereocenters. The van der Waals surface area contributed by atoms with Crippen LogP contribution in [-0.4, -0.2) is 20.0 Å². The number of sulfonamides is 1. The fourth-order valence-electron chi connectivity index (χ4n) is 3.88. The molecule has 0 radical (unpaired) electrons. The lowest BCUT2D eigenvalue weighted by molar-refractivity contribution is -0.604. The van der Waals surface area contributed by atoms with Crippen LogP contribution in [0, 0.1) is 5.21 Å². The van der Waals surface area contributed by atoms with Gasteiger partial charge in [-0.25, -0.2) is 13.4 Å². The van der Waals surface area contributed by atoms with Gasteiger partial charge in [-0.05, 0) is 30.3 Å². The van der Waals surface area contributed by atoms with E-state index in [0.717, 1.165) is 29.7 Å². The number of alkyl halides is 3. The number of hydrogen-bond donors (Lipinski definition) is 1. The zero-order valence-electron chi connectivity index (χ0n) is 18.8. The van der Waals surface area contributed by atoms with Crippen LogP contribution in [0.4, 0.5) is 18.3 Å². The number of fused-ring (bicyclic) bond motifs is 1. The van der Waals surface area contributed by atoms with E-state index in [1.165, 1.54) is 42.7 Å². The van der Waals surface area contributed by atoms with Gasteiger partial charge in [-0.1, -0.05) is 6.07 Å². The molecule has 8 nitrogen and oxygen atoms in total. The second-order valence-electron chi connectivity index (χ2n) is 8.05. The maximum atomic E-state index is 13.4. The van der Waals surface area contributed by atoms with Crippen molar-refractivity contribution in [3.05, 3.63) is 88.8 Å². The minimum Gasteiger partial charge on any atom is -0.619 e. The first-order valence-corrected chi connectivity index (χ1v) is 13.2. The van der Waals surface area contributed by atoms with E-state index in [9.17, 15) is 26.8 Å². The second kappa shape index (κ2) is 9.56. The quantitative estimate of drug-likeness (QED) is 0.263. The van der Waals surface area contributed by atoms with E-state index in [0.29, 0.717) is 16.7 Å². The summed E-state index contributed by atoms with van der Waals surface area (Å²) in [6.45, 7) is 0.197. The Bertz CT molecular complexity index is 1540. The van der Waals surface area contributed by atoms with Gasteiger partial charge < -0.3 is 14.7 Å². The minimum atomic E-state index is -4.59. The molecule has 0 bridgehead atoms. The van der Waals surface area contributed by atoms with Gasteiger partial charge in [0.1, 0.15) is 17.6 Å². The van der Waals surface area contributed by atoms with Crippen LogP contribution in [0.25, 0.3) is 11.1 Å². The number of ether oxygens (including phenoxy) is 2. The normalized spacial score (nSPS) is 15.5. The van der Waals surface area contributed by atoms with Crippen molar-refractivity contribution in [2.24, 2.45) is 0 Å². The van der Waals surface area contributed by atoms with Crippen LogP contribution in [0.15, 0.2) is 77.4 Å². The number of benzene rings is 2. The maximum absolute atomic E-state index is 13.4. The minimum absolute atomic E-state index is 0.0402. The molecule has 0 saturated carbocycles. The van der Waals surface area contributed by atoms with E-state index in [2.05, 4.69) is 9.71 Å². The molecule has 2 aromatic carbocycles. The third-order valence-corrected chi connectivity index (χ3v) is 7.75. The van der Waals surface area contributed by atoms with Crippen molar-refractivity contribution in [1.82, 2.24) is 4.98 Å². The van der Waals surface area contributed by atoms with E-state index in [1.54, 1.807) is 11.4 Å². The number of aromatic nitrogens is 2. The van der Waals surface area contributed by atoms with Crippen molar-refractivity contribution < 1.29 is 35.8 Å². The number of thiazole rings is 1. The molecule has 37 heavy (non-hydrogen) atoms. The zero-order chi connectivity index (χ0) is 26.2. The smallest absolute Gasteiger partial charge is 0.416 e. The Balaban J connectivity index is 1.48. The molecule has 0 fully saturated rings.